The lowest BCUT2D eigenvalue weighted by Crippen LogP contribution is -2.42. The molecule has 0 N–H and O–H groups in total. The Morgan fingerprint density at radius 1 is 1.11 bits per heavy atom. The predicted molar refractivity (Wildman–Crippen MR) is 124 cm³/mol. The molecule has 0 saturated heterocycles. The van der Waals surface area contributed by atoms with Crippen molar-refractivity contribution in [3.8, 4) is 0 Å². The van der Waals surface area contributed by atoms with Gasteiger partial charge in [-0.05, 0) is 96.8 Å². The summed E-state index contributed by atoms with van der Waals surface area (Å²) >= 11 is 2.49. The molecule has 1 aliphatic heterocycles. The third-order valence-corrected chi connectivity index (χ3v) is 7.19. The molecule has 2 aromatic carbocycles. The zero-order valence-electron chi connectivity index (χ0n) is 16.8. The summed E-state index contributed by atoms with van der Waals surface area (Å²) in [6.07, 6.45) is 4.68. The van der Waals surface area contributed by atoms with Gasteiger partial charge in [-0.3, -0.25) is 4.79 Å². The summed E-state index contributed by atoms with van der Waals surface area (Å²) in [5.41, 5.74) is 4.86. The Labute approximate surface area is 182 Å². The van der Waals surface area contributed by atoms with Crippen molar-refractivity contribution >= 4 is 34.2 Å². The van der Waals surface area contributed by atoms with Crippen molar-refractivity contribution in [3.05, 3.63) is 62.7 Å². The van der Waals surface area contributed by atoms with Crippen LogP contribution in [0.2, 0.25) is 0 Å². The molecular weight excluding hydrogens is 459 g/mol. The second-order valence-electron chi connectivity index (χ2n) is 8.07. The van der Waals surface area contributed by atoms with E-state index in [0.717, 1.165) is 24.2 Å². The summed E-state index contributed by atoms with van der Waals surface area (Å²) < 4.78 is 1.35. The van der Waals surface area contributed by atoms with Crippen LogP contribution in [-0.4, -0.2) is 36.5 Å². The molecule has 4 heteroatoms. The number of anilines is 1. The summed E-state index contributed by atoms with van der Waals surface area (Å²) in [5, 5.41) is 0. The van der Waals surface area contributed by atoms with Crippen LogP contribution in [0.5, 0.6) is 0 Å². The van der Waals surface area contributed by atoms with E-state index in [9.17, 15) is 4.79 Å². The Morgan fingerprint density at radius 3 is 2.50 bits per heavy atom. The number of hydrogen-bond donors (Lipinski definition) is 0. The lowest BCUT2D eigenvalue weighted by Gasteiger charge is -2.37. The molecule has 2 aliphatic rings. The lowest BCUT2D eigenvalue weighted by atomic mass is 9.80. The number of rotatable bonds is 6. The van der Waals surface area contributed by atoms with Crippen LogP contribution in [0.1, 0.15) is 60.5 Å². The maximum absolute atomic E-state index is 13.2. The fraction of sp³-hybridized carbons (Fsp3) is 0.458. The van der Waals surface area contributed by atoms with Crippen LogP contribution in [0.15, 0.2) is 42.5 Å². The largest absolute Gasteiger partial charge is 0.307 e. The molecule has 3 nitrogen and oxygen atoms in total. The van der Waals surface area contributed by atoms with E-state index in [2.05, 4.69) is 53.5 Å². The SMILES string of the molecule is CCCN(CCC)[C@H]1Cc2c(I)ccc3c2C(C1)CN3C(=O)c1ccccc1. The topological polar surface area (TPSA) is 23.6 Å². The number of hydrogen-bond acceptors (Lipinski definition) is 2. The molecule has 2 atom stereocenters. The highest BCUT2D eigenvalue weighted by molar-refractivity contribution is 14.1. The van der Waals surface area contributed by atoms with Crippen LogP contribution in [0.4, 0.5) is 5.69 Å². The van der Waals surface area contributed by atoms with Crippen LogP contribution in [0.25, 0.3) is 0 Å². The van der Waals surface area contributed by atoms with Crippen LogP contribution < -0.4 is 4.90 Å². The van der Waals surface area contributed by atoms with Gasteiger partial charge in [-0.15, -0.1) is 0 Å². The number of carbonyl (C=O) groups is 1. The third-order valence-electron chi connectivity index (χ3n) is 6.18. The van der Waals surface area contributed by atoms with Crippen LogP contribution in [-0.2, 0) is 6.42 Å². The predicted octanol–water partition coefficient (Wildman–Crippen LogP) is 5.47. The monoisotopic (exact) mass is 488 g/mol. The minimum atomic E-state index is 0.133. The first-order valence-electron chi connectivity index (χ1n) is 10.6. The second-order valence-corrected chi connectivity index (χ2v) is 9.23. The van der Waals surface area contributed by atoms with Gasteiger partial charge in [0.2, 0.25) is 0 Å². The van der Waals surface area contributed by atoms with Crippen molar-refractivity contribution in [2.45, 2.75) is 51.5 Å². The standard InChI is InChI=1S/C24H29IN2O/c1-3-12-26(13-4-2)19-14-18-16-27(24(28)17-8-6-5-7-9-17)22-11-10-21(25)20(15-19)23(18)22/h5-11,18-19H,3-4,12-16H2,1-2H3/t18?,19-/m1/s1. The molecule has 0 bridgehead atoms. The summed E-state index contributed by atoms with van der Waals surface area (Å²) in [5.74, 6) is 0.594. The lowest BCUT2D eigenvalue weighted by molar-refractivity contribution is 0.0986. The van der Waals surface area contributed by atoms with E-state index < -0.39 is 0 Å². The average Bonchev–Trinajstić information content (AvgIpc) is 3.09. The highest BCUT2D eigenvalue weighted by Crippen LogP contribution is 2.47. The zero-order chi connectivity index (χ0) is 19.7. The van der Waals surface area contributed by atoms with Gasteiger partial charge in [-0.2, -0.15) is 0 Å². The van der Waals surface area contributed by atoms with E-state index in [1.807, 2.05) is 35.2 Å². The van der Waals surface area contributed by atoms with Gasteiger partial charge in [-0.25, -0.2) is 0 Å². The minimum absolute atomic E-state index is 0.133. The van der Waals surface area contributed by atoms with E-state index in [1.54, 1.807) is 0 Å². The smallest absolute Gasteiger partial charge is 0.258 e. The first-order valence-corrected chi connectivity index (χ1v) is 11.6. The molecular formula is C24H29IN2O. The van der Waals surface area contributed by atoms with Gasteiger partial charge in [0, 0.05) is 33.3 Å². The van der Waals surface area contributed by atoms with Gasteiger partial charge in [0.1, 0.15) is 0 Å². The number of carbonyl (C=O) groups excluding carboxylic acids is 1. The first kappa shape index (κ1) is 19.9. The highest BCUT2D eigenvalue weighted by atomic mass is 127. The van der Waals surface area contributed by atoms with Gasteiger partial charge < -0.3 is 9.80 Å². The maximum atomic E-state index is 13.2. The molecule has 28 heavy (non-hydrogen) atoms. The number of halogens is 1. The molecule has 0 saturated carbocycles. The van der Waals surface area contributed by atoms with Gasteiger partial charge in [0.05, 0.1) is 0 Å². The molecule has 1 unspecified atom stereocenters. The van der Waals surface area contributed by atoms with Gasteiger partial charge >= 0.3 is 0 Å². The van der Waals surface area contributed by atoms with Crippen molar-refractivity contribution in [2.75, 3.05) is 24.5 Å². The summed E-state index contributed by atoms with van der Waals surface area (Å²) in [6.45, 7) is 7.71. The number of benzene rings is 2. The number of amides is 1. The van der Waals surface area contributed by atoms with Crippen LogP contribution in [0.3, 0.4) is 0 Å². The zero-order valence-corrected chi connectivity index (χ0v) is 19.0. The summed E-state index contributed by atoms with van der Waals surface area (Å²) in [4.78, 5) is 17.9. The Morgan fingerprint density at radius 2 is 1.82 bits per heavy atom. The van der Waals surface area contributed by atoms with Gasteiger partial charge in [0.15, 0.2) is 0 Å². The highest BCUT2D eigenvalue weighted by Gasteiger charge is 2.40. The van der Waals surface area contributed by atoms with Crippen molar-refractivity contribution < 1.29 is 4.79 Å². The second kappa shape index (κ2) is 8.54. The Hall–Kier alpha value is -1.40. The third kappa shape index (κ3) is 3.61. The normalized spacial score (nSPS) is 20.5. The van der Waals surface area contributed by atoms with Crippen molar-refractivity contribution in [2.24, 2.45) is 0 Å². The quantitative estimate of drug-likeness (QED) is 0.504. The first-order chi connectivity index (χ1) is 13.6. The van der Waals surface area contributed by atoms with Crippen molar-refractivity contribution in [1.82, 2.24) is 4.90 Å². The van der Waals surface area contributed by atoms with E-state index in [4.69, 9.17) is 0 Å². The summed E-state index contributed by atoms with van der Waals surface area (Å²) in [6, 6.07) is 14.7. The van der Waals surface area contributed by atoms with Gasteiger partial charge in [0.25, 0.3) is 5.91 Å². The van der Waals surface area contributed by atoms with E-state index >= 15 is 0 Å². The van der Waals surface area contributed by atoms with Gasteiger partial charge in [-0.1, -0.05) is 32.0 Å². The molecule has 1 aliphatic carbocycles. The van der Waals surface area contributed by atoms with E-state index in [1.165, 1.54) is 47.0 Å². The Bertz CT molecular complexity index is 845. The molecule has 0 spiro atoms. The Kier molecular flexibility index (Phi) is 6.07. The number of nitrogens with zero attached hydrogens (tertiary/aromatic N) is 2. The molecule has 1 heterocycles. The van der Waals surface area contributed by atoms with Crippen molar-refractivity contribution in [3.63, 3.8) is 0 Å². The molecule has 0 radical (unpaired) electrons. The van der Waals surface area contributed by atoms with E-state index in [0.29, 0.717) is 12.0 Å². The van der Waals surface area contributed by atoms with Crippen LogP contribution >= 0.6 is 22.6 Å². The molecule has 0 aromatic heterocycles. The average molecular weight is 488 g/mol. The molecule has 0 fully saturated rings. The fourth-order valence-corrected chi connectivity index (χ4v) is 5.72. The maximum Gasteiger partial charge on any atom is 0.258 e. The Balaban J connectivity index is 1.67. The molecule has 148 valence electrons. The molecule has 2 aromatic rings. The minimum Gasteiger partial charge on any atom is -0.307 e. The fourth-order valence-electron chi connectivity index (χ4n) is 5.03. The van der Waals surface area contributed by atoms with E-state index in [-0.39, 0.29) is 5.91 Å². The summed E-state index contributed by atoms with van der Waals surface area (Å²) in [7, 11) is 0. The van der Waals surface area contributed by atoms with Crippen molar-refractivity contribution in [1.29, 1.82) is 0 Å². The molecule has 1 amide bonds. The molecule has 4 rings (SSSR count). The van der Waals surface area contributed by atoms with Crippen LogP contribution in [0, 0.1) is 3.57 Å².